The SMILES string of the molecule is COc1ccc(-c2[nH]ncc2CN2CCc3nc(C4CC4)[nH]c(=O)c3C2)cc1. The Kier molecular flexibility index (Phi) is 4.24. The Bertz CT molecular complexity index is 1050. The minimum absolute atomic E-state index is 0.0270. The maximum atomic E-state index is 12.6. The Morgan fingerprint density at radius 3 is 2.82 bits per heavy atom. The standard InChI is InChI=1S/C21H23N5O2/c1-28-16-6-4-13(5-7-16)19-15(10-22-25-19)11-26-9-8-18-17(12-26)21(27)24-20(23-18)14-2-3-14/h4-7,10,14H,2-3,8-9,11-12H2,1H3,(H,22,25)(H,23,24,27). The molecular formula is C21H23N5O2. The van der Waals surface area contributed by atoms with Crippen molar-refractivity contribution in [2.75, 3.05) is 13.7 Å². The van der Waals surface area contributed by atoms with Crippen LogP contribution >= 0.6 is 0 Å². The molecule has 3 heterocycles. The number of nitrogens with zero attached hydrogens (tertiary/aromatic N) is 3. The molecule has 0 amide bonds. The van der Waals surface area contributed by atoms with Crippen molar-refractivity contribution >= 4 is 0 Å². The number of nitrogens with one attached hydrogen (secondary N) is 2. The van der Waals surface area contributed by atoms with E-state index in [0.717, 1.165) is 72.0 Å². The molecule has 0 saturated heterocycles. The molecule has 1 aromatic carbocycles. The van der Waals surface area contributed by atoms with Gasteiger partial charge in [-0.15, -0.1) is 0 Å². The first-order valence-corrected chi connectivity index (χ1v) is 9.72. The molecule has 1 fully saturated rings. The fourth-order valence-corrected chi connectivity index (χ4v) is 3.86. The maximum absolute atomic E-state index is 12.6. The summed E-state index contributed by atoms with van der Waals surface area (Å²) in [6.07, 6.45) is 4.97. The molecule has 0 bridgehead atoms. The van der Waals surface area contributed by atoms with Gasteiger partial charge in [-0.2, -0.15) is 5.10 Å². The highest BCUT2D eigenvalue weighted by Crippen LogP contribution is 2.38. The molecule has 2 aliphatic rings. The third-order valence-electron chi connectivity index (χ3n) is 5.62. The third-order valence-corrected chi connectivity index (χ3v) is 5.62. The number of aromatic nitrogens is 4. The van der Waals surface area contributed by atoms with Crippen LogP contribution in [0.1, 0.15) is 41.4 Å². The lowest BCUT2D eigenvalue weighted by Crippen LogP contribution is -2.35. The van der Waals surface area contributed by atoms with Crippen molar-refractivity contribution in [1.82, 2.24) is 25.1 Å². The summed E-state index contributed by atoms with van der Waals surface area (Å²) in [4.78, 5) is 22.6. The lowest BCUT2D eigenvalue weighted by molar-refractivity contribution is 0.241. The number of rotatable bonds is 5. The van der Waals surface area contributed by atoms with E-state index >= 15 is 0 Å². The van der Waals surface area contributed by atoms with Crippen molar-refractivity contribution in [2.45, 2.75) is 38.3 Å². The van der Waals surface area contributed by atoms with Crippen LogP contribution in [-0.4, -0.2) is 38.7 Å². The molecule has 0 spiro atoms. The Balaban J connectivity index is 1.35. The molecule has 2 aromatic heterocycles. The van der Waals surface area contributed by atoms with Crippen LogP contribution in [0.15, 0.2) is 35.3 Å². The van der Waals surface area contributed by atoms with E-state index in [1.54, 1.807) is 7.11 Å². The Hall–Kier alpha value is -2.93. The molecule has 7 heteroatoms. The molecule has 1 aliphatic heterocycles. The molecule has 3 aromatic rings. The van der Waals surface area contributed by atoms with Crippen LogP contribution in [0.5, 0.6) is 5.75 Å². The topological polar surface area (TPSA) is 86.9 Å². The molecule has 7 nitrogen and oxygen atoms in total. The number of fused-ring (bicyclic) bond motifs is 1. The molecule has 144 valence electrons. The second-order valence-electron chi connectivity index (χ2n) is 7.61. The first-order valence-electron chi connectivity index (χ1n) is 9.72. The second kappa shape index (κ2) is 6.91. The molecule has 0 atom stereocenters. The fraction of sp³-hybridized carbons (Fsp3) is 0.381. The van der Waals surface area contributed by atoms with Gasteiger partial charge in [0.05, 0.1) is 30.3 Å². The molecular weight excluding hydrogens is 354 g/mol. The fourth-order valence-electron chi connectivity index (χ4n) is 3.86. The van der Waals surface area contributed by atoms with Gasteiger partial charge in [-0.1, -0.05) is 0 Å². The molecule has 1 saturated carbocycles. The van der Waals surface area contributed by atoms with E-state index in [1.807, 2.05) is 30.5 Å². The Labute approximate surface area is 162 Å². The van der Waals surface area contributed by atoms with Crippen LogP contribution in [0.4, 0.5) is 0 Å². The van der Waals surface area contributed by atoms with E-state index in [1.165, 1.54) is 0 Å². The molecule has 0 unspecified atom stereocenters. The minimum Gasteiger partial charge on any atom is -0.497 e. The summed E-state index contributed by atoms with van der Waals surface area (Å²) in [7, 11) is 1.66. The van der Waals surface area contributed by atoms with Gasteiger partial charge in [0.25, 0.3) is 5.56 Å². The smallest absolute Gasteiger partial charge is 0.255 e. The summed E-state index contributed by atoms with van der Waals surface area (Å²) in [6, 6.07) is 7.93. The normalized spacial score (nSPS) is 16.8. The maximum Gasteiger partial charge on any atom is 0.255 e. The van der Waals surface area contributed by atoms with Crippen LogP contribution in [0, 0.1) is 0 Å². The van der Waals surface area contributed by atoms with E-state index in [4.69, 9.17) is 9.72 Å². The molecule has 28 heavy (non-hydrogen) atoms. The number of benzene rings is 1. The average Bonchev–Trinajstić information content (AvgIpc) is 3.48. The van der Waals surface area contributed by atoms with Crippen molar-refractivity contribution in [1.29, 1.82) is 0 Å². The summed E-state index contributed by atoms with van der Waals surface area (Å²) in [5, 5.41) is 7.35. The zero-order valence-electron chi connectivity index (χ0n) is 15.9. The molecule has 0 radical (unpaired) electrons. The van der Waals surface area contributed by atoms with Crippen LogP contribution in [0.3, 0.4) is 0 Å². The van der Waals surface area contributed by atoms with E-state index in [9.17, 15) is 4.79 Å². The first kappa shape index (κ1) is 17.2. The lowest BCUT2D eigenvalue weighted by Gasteiger charge is -2.27. The van der Waals surface area contributed by atoms with Gasteiger partial charge in [-0.05, 0) is 37.1 Å². The largest absolute Gasteiger partial charge is 0.497 e. The van der Waals surface area contributed by atoms with Crippen molar-refractivity contribution < 1.29 is 4.74 Å². The van der Waals surface area contributed by atoms with Gasteiger partial charge in [0, 0.05) is 43.1 Å². The van der Waals surface area contributed by atoms with Gasteiger partial charge in [0.15, 0.2) is 0 Å². The summed E-state index contributed by atoms with van der Waals surface area (Å²) < 4.78 is 5.24. The number of ether oxygens (including phenoxy) is 1. The Morgan fingerprint density at radius 1 is 1.25 bits per heavy atom. The quantitative estimate of drug-likeness (QED) is 0.714. The van der Waals surface area contributed by atoms with Crippen LogP contribution < -0.4 is 10.3 Å². The van der Waals surface area contributed by atoms with E-state index in [-0.39, 0.29) is 5.56 Å². The third kappa shape index (κ3) is 3.22. The minimum atomic E-state index is 0.0270. The summed E-state index contributed by atoms with van der Waals surface area (Å²) in [5.41, 5.74) is 5.00. The molecule has 1 aliphatic carbocycles. The molecule has 2 N–H and O–H groups in total. The van der Waals surface area contributed by atoms with Crippen molar-refractivity contribution in [3.05, 3.63) is 63.5 Å². The van der Waals surface area contributed by atoms with Crippen molar-refractivity contribution in [3.8, 4) is 17.0 Å². The highest BCUT2D eigenvalue weighted by molar-refractivity contribution is 5.63. The van der Waals surface area contributed by atoms with Crippen LogP contribution in [0.2, 0.25) is 0 Å². The number of hydrogen-bond donors (Lipinski definition) is 2. The van der Waals surface area contributed by atoms with Gasteiger partial charge in [-0.3, -0.25) is 14.8 Å². The van der Waals surface area contributed by atoms with Crippen molar-refractivity contribution in [3.63, 3.8) is 0 Å². The first-order chi connectivity index (χ1) is 13.7. The van der Waals surface area contributed by atoms with Crippen molar-refractivity contribution in [2.24, 2.45) is 0 Å². The van der Waals surface area contributed by atoms with Gasteiger partial charge in [-0.25, -0.2) is 4.98 Å². The van der Waals surface area contributed by atoms with E-state index in [0.29, 0.717) is 12.5 Å². The number of aromatic amines is 2. The summed E-state index contributed by atoms with van der Waals surface area (Å²) in [5.74, 6) is 2.18. The molecule has 5 rings (SSSR count). The monoisotopic (exact) mass is 377 g/mol. The van der Waals surface area contributed by atoms with Crippen LogP contribution in [-0.2, 0) is 19.5 Å². The van der Waals surface area contributed by atoms with Crippen LogP contribution in [0.25, 0.3) is 11.3 Å². The summed E-state index contributed by atoms with van der Waals surface area (Å²) in [6.45, 7) is 2.25. The van der Waals surface area contributed by atoms with Gasteiger partial charge >= 0.3 is 0 Å². The highest BCUT2D eigenvalue weighted by Gasteiger charge is 2.29. The second-order valence-corrected chi connectivity index (χ2v) is 7.61. The Morgan fingerprint density at radius 2 is 2.07 bits per heavy atom. The zero-order valence-corrected chi connectivity index (χ0v) is 15.9. The van der Waals surface area contributed by atoms with Gasteiger partial charge < -0.3 is 9.72 Å². The summed E-state index contributed by atoms with van der Waals surface area (Å²) >= 11 is 0. The van der Waals surface area contributed by atoms with Gasteiger partial charge in [0.2, 0.25) is 0 Å². The van der Waals surface area contributed by atoms with E-state index < -0.39 is 0 Å². The highest BCUT2D eigenvalue weighted by atomic mass is 16.5. The van der Waals surface area contributed by atoms with Gasteiger partial charge in [0.1, 0.15) is 11.6 Å². The number of methoxy groups -OCH3 is 1. The predicted octanol–water partition coefficient (Wildman–Crippen LogP) is 2.60. The zero-order chi connectivity index (χ0) is 19.1. The van der Waals surface area contributed by atoms with E-state index in [2.05, 4.69) is 20.1 Å². The number of H-pyrrole nitrogens is 2. The predicted molar refractivity (Wildman–Crippen MR) is 105 cm³/mol. The lowest BCUT2D eigenvalue weighted by atomic mass is 10.0. The number of hydrogen-bond acceptors (Lipinski definition) is 5. The average molecular weight is 377 g/mol.